The molecule has 0 aliphatic carbocycles. The van der Waals surface area contributed by atoms with E-state index in [9.17, 15) is 14.0 Å². The number of ether oxygens (including phenoxy) is 2. The van der Waals surface area contributed by atoms with Gasteiger partial charge in [0.05, 0.1) is 29.2 Å². The Bertz CT molecular complexity index is 1450. The van der Waals surface area contributed by atoms with Crippen LogP contribution in [-0.4, -0.2) is 57.8 Å². The molecule has 1 aliphatic rings. The molecule has 0 saturated carbocycles. The van der Waals surface area contributed by atoms with Gasteiger partial charge in [-0.2, -0.15) is 0 Å². The number of carbonyl (C=O) groups excluding carboxylic acids is 2. The van der Waals surface area contributed by atoms with Crippen LogP contribution in [-0.2, 0) is 9.47 Å². The van der Waals surface area contributed by atoms with Crippen LogP contribution < -0.4 is 5.32 Å². The summed E-state index contributed by atoms with van der Waals surface area (Å²) in [6, 6.07) is 20.8. The van der Waals surface area contributed by atoms with E-state index >= 15 is 0 Å². The van der Waals surface area contributed by atoms with Gasteiger partial charge in [-0.3, -0.25) is 0 Å². The number of esters is 1. The van der Waals surface area contributed by atoms with E-state index in [-0.39, 0.29) is 18.9 Å². The number of imidazole rings is 1. The van der Waals surface area contributed by atoms with Crippen molar-refractivity contribution in [3.63, 3.8) is 0 Å². The maximum Gasteiger partial charge on any atom is 0.410 e. The van der Waals surface area contributed by atoms with E-state index in [1.165, 1.54) is 17.0 Å². The van der Waals surface area contributed by atoms with Gasteiger partial charge in [0, 0.05) is 6.54 Å². The molecule has 0 bridgehead atoms. The van der Waals surface area contributed by atoms with E-state index in [1.54, 1.807) is 39.0 Å². The van der Waals surface area contributed by atoms with Crippen molar-refractivity contribution < 1.29 is 23.5 Å². The molecule has 3 aromatic carbocycles. The zero-order valence-electron chi connectivity index (χ0n) is 21.4. The first kappa shape index (κ1) is 25.3. The molecule has 1 saturated heterocycles. The Balaban J connectivity index is 1.33. The quantitative estimate of drug-likeness (QED) is 0.334. The second-order valence-corrected chi connectivity index (χ2v) is 10.3. The fourth-order valence-corrected chi connectivity index (χ4v) is 4.37. The number of aromatic amines is 1. The van der Waals surface area contributed by atoms with Gasteiger partial charge in [-0.1, -0.05) is 42.5 Å². The van der Waals surface area contributed by atoms with Crippen LogP contribution in [0.2, 0.25) is 0 Å². The highest BCUT2D eigenvalue weighted by Crippen LogP contribution is 2.24. The number of likely N-dealkylation sites (tertiary alicyclic amines) is 1. The third-order valence-electron chi connectivity index (χ3n) is 6.17. The second-order valence-electron chi connectivity index (χ2n) is 10.3. The number of rotatable bonds is 5. The minimum absolute atomic E-state index is 0.148. The fourth-order valence-electron chi connectivity index (χ4n) is 4.37. The SMILES string of the molecule is CC(C)(C)OC(=O)N1C[C@H](Nc2nc3ccc(F)cc3[nH]2)[C@@H](OC(=O)c2ccc(-c3ccccc3)cc2)C1. The summed E-state index contributed by atoms with van der Waals surface area (Å²) in [5.74, 6) is -0.496. The molecule has 4 aromatic rings. The van der Waals surface area contributed by atoms with Crippen LogP contribution in [0.5, 0.6) is 0 Å². The molecule has 1 fully saturated rings. The highest BCUT2D eigenvalue weighted by atomic mass is 19.1. The third kappa shape index (κ3) is 5.77. The Kier molecular flexibility index (Phi) is 6.75. The zero-order chi connectivity index (χ0) is 26.9. The maximum absolute atomic E-state index is 13.6. The van der Waals surface area contributed by atoms with Crippen LogP contribution in [0.25, 0.3) is 22.2 Å². The molecule has 8 nitrogen and oxygen atoms in total. The van der Waals surface area contributed by atoms with Crippen molar-refractivity contribution in [2.45, 2.75) is 38.5 Å². The van der Waals surface area contributed by atoms with Crippen LogP contribution in [0.3, 0.4) is 0 Å². The lowest BCUT2D eigenvalue weighted by molar-refractivity contribution is 0.0187. The van der Waals surface area contributed by atoms with Crippen molar-refractivity contribution in [2.75, 3.05) is 18.4 Å². The molecule has 2 heterocycles. The van der Waals surface area contributed by atoms with Crippen molar-refractivity contribution in [1.29, 1.82) is 0 Å². The van der Waals surface area contributed by atoms with Crippen LogP contribution in [0, 0.1) is 5.82 Å². The van der Waals surface area contributed by atoms with E-state index < -0.39 is 29.8 Å². The summed E-state index contributed by atoms with van der Waals surface area (Å²) in [5, 5.41) is 3.22. The van der Waals surface area contributed by atoms with Gasteiger partial charge in [0.25, 0.3) is 0 Å². The van der Waals surface area contributed by atoms with Crippen molar-refractivity contribution >= 4 is 29.0 Å². The molecule has 1 aromatic heterocycles. The van der Waals surface area contributed by atoms with Crippen molar-refractivity contribution in [1.82, 2.24) is 14.9 Å². The van der Waals surface area contributed by atoms with Crippen molar-refractivity contribution in [3.05, 3.63) is 84.2 Å². The largest absolute Gasteiger partial charge is 0.455 e. The average Bonchev–Trinajstić information content (AvgIpc) is 3.47. The first-order chi connectivity index (χ1) is 18.1. The number of anilines is 1. The number of amides is 1. The van der Waals surface area contributed by atoms with Crippen LogP contribution in [0.15, 0.2) is 72.8 Å². The Morgan fingerprint density at radius 2 is 1.71 bits per heavy atom. The van der Waals surface area contributed by atoms with Gasteiger partial charge in [-0.25, -0.2) is 19.0 Å². The monoisotopic (exact) mass is 516 g/mol. The molecule has 38 heavy (non-hydrogen) atoms. The van der Waals surface area contributed by atoms with Crippen molar-refractivity contribution in [2.24, 2.45) is 0 Å². The lowest BCUT2D eigenvalue weighted by Crippen LogP contribution is -2.36. The smallest absolute Gasteiger partial charge is 0.410 e. The summed E-state index contributed by atoms with van der Waals surface area (Å²) in [6.45, 7) is 5.75. The highest BCUT2D eigenvalue weighted by molar-refractivity contribution is 5.90. The van der Waals surface area contributed by atoms with Crippen molar-refractivity contribution in [3.8, 4) is 11.1 Å². The fraction of sp³-hybridized carbons (Fsp3) is 0.276. The number of hydrogen-bond donors (Lipinski definition) is 2. The molecule has 0 radical (unpaired) electrons. The lowest BCUT2D eigenvalue weighted by Gasteiger charge is -2.24. The topological polar surface area (TPSA) is 96.6 Å². The number of H-pyrrole nitrogens is 1. The molecule has 0 spiro atoms. The van der Waals surface area contributed by atoms with Crippen LogP contribution >= 0.6 is 0 Å². The van der Waals surface area contributed by atoms with Gasteiger partial charge in [-0.05, 0) is 62.2 Å². The molecule has 2 atom stereocenters. The molecule has 0 unspecified atom stereocenters. The second kappa shape index (κ2) is 10.2. The van der Waals surface area contributed by atoms with Gasteiger partial charge in [0.2, 0.25) is 5.95 Å². The van der Waals surface area contributed by atoms with Crippen LogP contribution in [0.4, 0.5) is 15.1 Å². The summed E-state index contributed by atoms with van der Waals surface area (Å²) in [5.41, 5.74) is 2.88. The van der Waals surface area contributed by atoms with Crippen LogP contribution in [0.1, 0.15) is 31.1 Å². The van der Waals surface area contributed by atoms with E-state index in [1.807, 2.05) is 42.5 Å². The Morgan fingerprint density at radius 1 is 1.00 bits per heavy atom. The summed E-state index contributed by atoms with van der Waals surface area (Å²) in [4.78, 5) is 34.8. The lowest BCUT2D eigenvalue weighted by atomic mass is 10.0. The zero-order valence-corrected chi connectivity index (χ0v) is 21.4. The number of fused-ring (bicyclic) bond motifs is 1. The highest BCUT2D eigenvalue weighted by Gasteiger charge is 2.40. The predicted octanol–water partition coefficient (Wildman–Crippen LogP) is 5.63. The number of aromatic nitrogens is 2. The molecule has 5 rings (SSSR count). The standard InChI is InChI=1S/C29H29FN4O4/c1-29(2,3)38-28(36)34-16-24(33-27-31-22-14-13-21(30)15-23(22)32-27)25(17-34)37-26(35)20-11-9-19(10-12-20)18-7-5-4-6-8-18/h4-15,24-25H,16-17H2,1-3H3,(H2,31,32,33)/t24-,25-/m0/s1. The predicted molar refractivity (Wildman–Crippen MR) is 142 cm³/mol. The van der Waals surface area contributed by atoms with E-state index in [0.29, 0.717) is 22.5 Å². The maximum atomic E-state index is 13.6. The minimum Gasteiger partial charge on any atom is -0.455 e. The molecule has 196 valence electrons. The van der Waals surface area contributed by atoms with Gasteiger partial charge in [0.15, 0.2) is 0 Å². The number of benzene rings is 3. The summed E-state index contributed by atoms with van der Waals surface area (Å²) in [6.07, 6.45) is -1.17. The Labute approximate surface area is 219 Å². The molecule has 1 aliphatic heterocycles. The van der Waals surface area contributed by atoms with Gasteiger partial charge >= 0.3 is 12.1 Å². The van der Waals surface area contributed by atoms with Gasteiger partial charge in [-0.15, -0.1) is 0 Å². The normalized spacial score (nSPS) is 17.4. The molecule has 9 heteroatoms. The number of nitrogens with one attached hydrogen (secondary N) is 2. The van der Waals surface area contributed by atoms with Gasteiger partial charge < -0.3 is 24.7 Å². The van der Waals surface area contributed by atoms with Gasteiger partial charge in [0.1, 0.15) is 17.5 Å². The van der Waals surface area contributed by atoms with E-state index in [0.717, 1.165) is 11.1 Å². The molecular formula is C29H29FN4O4. The third-order valence-corrected chi connectivity index (χ3v) is 6.17. The first-order valence-electron chi connectivity index (χ1n) is 12.4. The number of halogens is 1. The summed E-state index contributed by atoms with van der Waals surface area (Å²) in [7, 11) is 0. The molecular weight excluding hydrogens is 487 g/mol. The van der Waals surface area contributed by atoms with E-state index in [4.69, 9.17) is 9.47 Å². The average molecular weight is 517 g/mol. The number of hydrogen-bond acceptors (Lipinski definition) is 6. The first-order valence-corrected chi connectivity index (χ1v) is 12.4. The summed E-state index contributed by atoms with van der Waals surface area (Å²) < 4.78 is 25.0. The molecule has 2 N–H and O–H groups in total. The summed E-state index contributed by atoms with van der Waals surface area (Å²) >= 11 is 0. The van der Waals surface area contributed by atoms with E-state index in [2.05, 4.69) is 15.3 Å². The Morgan fingerprint density at radius 3 is 2.42 bits per heavy atom. The minimum atomic E-state index is -0.672. The number of carbonyl (C=O) groups is 2. The molecule has 1 amide bonds. The Hall–Kier alpha value is -4.40. The number of nitrogens with zero attached hydrogens (tertiary/aromatic N) is 2.